The fourth-order valence-electron chi connectivity index (χ4n) is 12.2. The minimum absolute atomic E-state index is 0.00854. The van der Waals surface area contributed by atoms with Crippen LogP contribution in [0, 0.1) is 23.5 Å². The molecule has 3 aromatic carbocycles. The topological polar surface area (TPSA) is 154 Å². The van der Waals surface area contributed by atoms with Crippen LogP contribution in [0.3, 0.4) is 0 Å². The second-order valence-corrected chi connectivity index (χ2v) is 20.5. The molecule has 5 fully saturated rings. The fourth-order valence-corrected chi connectivity index (χ4v) is 12.2. The van der Waals surface area contributed by atoms with E-state index in [0.29, 0.717) is 69.3 Å². The quantitative estimate of drug-likeness (QED) is 0.135. The van der Waals surface area contributed by atoms with Crippen molar-refractivity contribution in [2.24, 2.45) is 18.9 Å². The highest BCUT2D eigenvalue weighted by Gasteiger charge is 2.35. The molecule has 0 spiro atoms. The Balaban J connectivity index is 0.731. The van der Waals surface area contributed by atoms with Gasteiger partial charge in [-0.1, -0.05) is 19.9 Å². The lowest BCUT2D eigenvalue weighted by molar-refractivity contribution is -0.135. The van der Waals surface area contributed by atoms with Gasteiger partial charge >= 0.3 is 11.7 Å². The van der Waals surface area contributed by atoms with Crippen LogP contribution < -0.4 is 25.5 Å². The first-order chi connectivity index (χ1) is 33.9. The van der Waals surface area contributed by atoms with Crippen molar-refractivity contribution in [2.75, 3.05) is 68.7 Å². The molecule has 0 saturated carbocycles. The molecule has 0 radical (unpaired) electrons. The van der Waals surface area contributed by atoms with Crippen molar-refractivity contribution in [1.82, 2.24) is 39.2 Å². The summed E-state index contributed by atoms with van der Waals surface area (Å²) in [7, 11) is 1.74. The highest BCUT2D eigenvalue weighted by Crippen LogP contribution is 2.40. The van der Waals surface area contributed by atoms with Gasteiger partial charge in [0.2, 0.25) is 11.8 Å². The molecular formula is C53H62F2N10O5. The number of imide groups is 1. The Kier molecular flexibility index (Phi) is 12.4. The Morgan fingerprint density at radius 1 is 0.857 bits per heavy atom. The average Bonchev–Trinajstić information content (AvgIpc) is 3.92. The summed E-state index contributed by atoms with van der Waals surface area (Å²) in [5.74, 6) is -0.198. The number of hydrogen-bond donors (Lipinski definition) is 2. The maximum atomic E-state index is 17.1. The number of carbonyl (C=O) groups excluding carboxylic acids is 2. The number of fused-ring (bicyclic) bond motifs is 3. The SMILES string of the molecule is CCc1c(F)ccc2cc(O)cc(-c3ncc4c(N5CCC[C@H](C)C5)nc(OC5CCN(C6CCN(CC7CCN(c8ccc9c(c8)n(C)c(=O)n9C8CCC(=O)NC8=O)CC7)CC6)C5)nc4c3F)c12. The third-order valence-electron chi connectivity index (χ3n) is 16.0. The highest BCUT2D eigenvalue weighted by molar-refractivity contribution is 6.02. The molecular weight excluding hydrogens is 895 g/mol. The molecule has 3 atom stereocenters. The predicted molar refractivity (Wildman–Crippen MR) is 265 cm³/mol. The first kappa shape index (κ1) is 46.2. The van der Waals surface area contributed by atoms with Gasteiger partial charge in [0.15, 0.2) is 5.82 Å². The zero-order valence-electron chi connectivity index (χ0n) is 40.3. The lowest BCUT2D eigenvalue weighted by Gasteiger charge is -2.40. The number of rotatable bonds is 10. The van der Waals surface area contributed by atoms with Crippen LogP contribution in [0.25, 0.3) is 44.0 Å². The second kappa shape index (κ2) is 18.9. The van der Waals surface area contributed by atoms with E-state index in [1.807, 2.05) is 19.1 Å². The monoisotopic (exact) mass is 956 g/mol. The van der Waals surface area contributed by atoms with E-state index in [1.165, 1.54) is 16.7 Å². The van der Waals surface area contributed by atoms with E-state index in [-0.39, 0.29) is 52.9 Å². The molecule has 2 amide bonds. The summed E-state index contributed by atoms with van der Waals surface area (Å²) in [4.78, 5) is 61.9. The molecule has 5 aliphatic heterocycles. The number of ether oxygens (including phenoxy) is 1. The summed E-state index contributed by atoms with van der Waals surface area (Å²) >= 11 is 0. The van der Waals surface area contributed by atoms with Gasteiger partial charge in [0.1, 0.15) is 40.7 Å². The Bertz CT molecular complexity index is 3070. The third-order valence-corrected chi connectivity index (χ3v) is 16.0. The highest BCUT2D eigenvalue weighted by atomic mass is 19.1. The van der Waals surface area contributed by atoms with Crippen molar-refractivity contribution in [3.05, 3.63) is 76.3 Å². The first-order valence-corrected chi connectivity index (χ1v) is 25.4. The number of likely N-dealkylation sites (tertiary alicyclic amines) is 2. The van der Waals surface area contributed by atoms with Gasteiger partial charge in [-0.3, -0.25) is 33.9 Å². The van der Waals surface area contributed by atoms with Gasteiger partial charge in [-0.2, -0.15) is 9.97 Å². The van der Waals surface area contributed by atoms with Crippen LogP contribution in [0.15, 0.2) is 53.5 Å². The second-order valence-electron chi connectivity index (χ2n) is 20.5. The van der Waals surface area contributed by atoms with Crippen molar-refractivity contribution >= 4 is 56.0 Å². The van der Waals surface area contributed by atoms with E-state index in [9.17, 15) is 19.5 Å². The zero-order valence-corrected chi connectivity index (χ0v) is 40.3. The van der Waals surface area contributed by atoms with Gasteiger partial charge < -0.3 is 24.5 Å². The summed E-state index contributed by atoms with van der Waals surface area (Å²) in [5.41, 5.74) is 3.12. The maximum absolute atomic E-state index is 17.1. The minimum atomic E-state index is -0.700. The number of pyridine rings is 1. The van der Waals surface area contributed by atoms with Crippen LogP contribution in [0.2, 0.25) is 0 Å². The summed E-state index contributed by atoms with van der Waals surface area (Å²) in [5, 5.41) is 14.7. The number of halogens is 2. The van der Waals surface area contributed by atoms with Crippen LogP contribution in [-0.2, 0) is 23.1 Å². The molecule has 11 rings (SSSR count). The molecule has 70 heavy (non-hydrogen) atoms. The molecule has 0 bridgehead atoms. The van der Waals surface area contributed by atoms with Crippen molar-refractivity contribution < 1.29 is 28.2 Å². The molecule has 5 aliphatic rings. The molecule has 368 valence electrons. The molecule has 6 aromatic rings. The van der Waals surface area contributed by atoms with Crippen molar-refractivity contribution in [3.63, 3.8) is 0 Å². The Morgan fingerprint density at radius 3 is 2.44 bits per heavy atom. The van der Waals surface area contributed by atoms with Gasteiger partial charge in [-0.25, -0.2) is 13.6 Å². The number of anilines is 2. The van der Waals surface area contributed by atoms with Crippen molar-refractivity contribution in [1.29, 1.82) is 0 Å². The van der Waals surface area contributed by atoms with Crippen molar-refractivity contribution in [2.45, 2.75) is 96.2 Å². The standard InChI is InChI=1S/C53H62F2N10O5/c1-4-38-41(54)9-7-33-24-36(66)26-39(46(33)38)48-47(55)49-40(27-56-48)50(64-18-5-6-31(2)28-64)59-52(58-49)70-37-17-23-63(30-37)34-15-19-61(20-16-34)29-32-13-21-62(22-14-32)35-8-10-42-44(25-35)60(3)53(69)65(42)43-11-12-45(67)57-51(43)68/h7-10,24-27,31-32,34,37,43,66H,4-6,11-23,28-30H2,1-3H3,(H,57,67,68)/t31-,37?,43?/m0/s1. The normalized spacial score (nSPS) is 22.5. The fraction of sp³-hybridized carbons (Fsp3) is 0.509. The van der Waals surface area contributed by atoms with E-state index in [0.717, 1.165) is 115 Å². The molecule has 15 nitrogen and oxygen atoms in total. The Hall–Kier alpha value is -6.20. The van der Waals surface area contributed by atoms with E-state index < -0.39 is 17.8 Å². The predicted octanol–water partition coefficient (Wildman–Crippen LogP) is 7.09. The largest absolute Gasteiger partial charge is 0.508 e. The van der Waals surface area contributed by atoms with Crippen molar-refractivity contribution in [3.8, 4) is 23.0 Å². The number of carbonyl (C=O) groups is 2. The lowest BCUT2D eigenvalue weighted by atomic mass is 9.94. The van der Waals surface area contributed by atoms with Gasteiger partial charge in [0.25, 0.3) is 0 Å². The number of nitrogens with zero attached hydrogens (tertiary/aromatic N) is 9. The molecule has 2 N–H and O–H groups in total. The minimum Gasteiger partial charge on any atom is -0.508 e. The third kappa shape index (κ3) is 8.62. The van der Waals surface area contributed by atoms with Crippen LogP contribution in [-0.4, -0.2) is 122 Å². The van der Waals surface area contributed by atoms with E-state index in [4.69, 9.17) is 14.7 Å². The van der Waals surface area contributed by atoms with E-state index in [1.54, 1.807) is 29.9 Å². The zero-order chi connectivity index (χ0) is 48.4. The number of piperidine rings is 4. The number of hydrogen-bond acceptors (Lipinski definition) is 12. The van der Waals surface area contributed by atoms with Crippen LogP contribution in [0.5, 0.6) is 11.8 Å². The molecule has 0 aliphatic carbocycles. The molecule has 8 heterocycles. The number of amides is 2. The number of nitrogens with one attached hydrogen (secondary N) is 1. The summed E-state index contributed by atoms with van der Waals surface area (Å²) in [6, 6.07) is 11.9. The Labute approximate surface area is 405 Å². The smallest absolute Gasteiger partial charge is 0.329 e. The van der Waals surface area contributed by atoms with Crippen LogP contribution >= 0.6 is 0 Å². The lowest BCUT2D eigenvalue weighted by Crippen LogP contribution is -2.46. The Morgan fingerprint density at radius 2 is 1.67 bits per heavy atom. The summed E-state index contributed by atoms with van der Waals surface area (Å²) in [6.45, 7) is 12.3. The molecule has 3 aromatic heterocycles. The number of phenols is 1. The van der Waals surface area contributed by atoms with Gasteiger partial charge in [-0.15, -0.1) is 0 Å². The number of aryl methyl sites for hydroxylation is 2. The summed E-state index contributed by atoms with van der Waals surface area (Å²) < 4.78 is 42.0. The van der Waals surface area contributed by atoms with E-state index in [2.05, 4.69) is 42.9 Å². The maximum Gasteiger partial charge on any atom is 0.329 e. The number of phenolic OH excluding ortho intramolecular Hbond substituents is 1. The molecule has 5 saturated heterocycles. The van der Waals surface area contributed by atoms with Gasteiger partial charge in [-0.05, 0) is 135 Å². The number of benzene rings is 3. The van der Waals surface area contributed by atoms with Gasteiger partial charge in [0, 0.05) is 82.8 Å². The molecule has 2 unspecified atom stereocenters. The number of aromatic hydroxyl groups is 1. The number of aromatic nitrogens is 5. The first-order valence-electron chi connectivity index (χ1n) is 25.4. The average molecular weight is 957 g/mol. The van der Waals surface area contributed by atoms with Crippen LogP contribution in [0.4, 0.5) is 20.3 Å². The van der Waals surface area contributed by atoms with E-state index >= 15 is 8.78 Å². The molecule has 17 heteroatoms. The summed E-state index contributed by atoms with van der Waals surface area (Å²) in [6.07, 6.45) is 9.62. The van der Waals surface area contributed by atoms with Crippen LogP contribution in [0.1, 0.15) is 83.2 Å². The number of imidazole rings is 1. The van der Waals surface area contributed by atoms with Gasteiger partial charge in [0.05, 0.1) is 16.4 Å².